The van der Waals surface area contributed by atoms with Crippen LogP contribution < -0.4 is 15.5 Å². The number of nitrogens with zero attached hydrogens (tertiary/aromatic N) is 5. The van der Waals surface area contributed by atoms with Crippen LogP contribution in [0.3, 0.4) is 0 Å². The van der Waals surface area contributed by atoms with E-state index in [0.29, 0.717) is 22.4 Å². The third kappa shape index (κ3) is 6.69. The van der Waals surface area contributed by atoms with Crippen molar-refractivity contribution < 1.29 is 28.2 Å². The first-order valence-electron chi connectivity index (χ1n) is 13.1. The van der Waals surface area contributed by atoms with Crippen molar-refractivity contribution in [3.05, 3.63) is 95.6 Å². The van der Waals surface area contributed by atoms with Gasteiger partial charge in [-0.2, -0.15) is 4.80 Å². The zero-order valence-electron chi connectivity index (χ0n) is 22.9. The zero-order chi connectivity index (χ0) is 29.6. The number of rotatable bonds is 9. The first-order valence-corrected chi connectivity index (χ1v) is 13.1. The molecule has 2 heterocycles. The van der Waals surface area contributed by atoms with E-state index in [1.807, 2.05) is 30.3 Å². The molecule has 0 saturated carbocycles. The lowest BCUT2D eigenvalue weighted by atomic mass is 9.99. The van der Waals surface area contributed by atoms with E-state index < -0.39 is 30.1 Å². The normalized spacial score (nSPS) is 15.2. The first kappa shape index (κ1) is 28.2. The van der Waals surface area contributed by atoms with E-state index in [-0.39, 0.29) is 31.4 Å². The largest absolute Gasteiger partial charge is 0.445 e. The highest BCUT2D eigenvalue weighted by atomic mass is 19.1. The molecule has 42 heavy (non-hydrogen) atoms. The molecule has 0 spiro atoms. The van der Waals surface area contributed by atoms with E-state index in [0.717, 1.165) is 5.56 Å². The highest BCUT2D eigenvalue weighted by Gasteiger charge is 2.33. The van der Waals surface area contributed by atoms with E-state index in [2.05, 4.69) is 26.0 Å². The van der Waals surface area contributed by atoms with Gasteiger partial charge in [0.25, 0.3) is 0 Å². The van der Waals surface area contributed by atoms with Crippen molar-refractivity contribution in [1.29, 1.82) is 0 Å². The van der Waals surface area contributed by atoms with Crippen LogP contribution in [-0.4, -0.2) is 57.5 Å². The van der Waals surface area contributed by atoms with Gasteiger partial charge in [0.1, 0.15) is 24.6 Å². The molecule has 3 amide bonds. The van der Waals surface area contributed by atoms with Crippen molar-refractivity contribution in [3.63, 3.8) is 0 Å². The highest BCUT2D eigenvalue weighted by molar-refractivity contribution is 5.90. The van der Waals surface area contributed by atoms with Crippen LogP contribution in [0.1, 0.15) is 29.9 Å². The molecule has 216 valence electrons. The van der Waals surface area contributed by atoms with Crippen molar-refractivity contribution >= 4 is 23.8 Å². The van der Waals surface area contributed by atoms with E-state index in [1.54, 1.807) is 43.4 Å². The Labute approximate surface area is 240 Å². The van der Waals surface area contributed by atoms with Crippen LogP contribution in [0.25, 0.3) is 11.1 Å². The molecule has 12 nitrogen and oxygen atoms in total. The highest BCUT2D eigenvalue weighted by Crippen LogP contribution is 2.30. The summed E-state index contributed by atoms with van der Waals surface area (Å²) < 4.78 is 25.9. The molecule has 13 heteroatoms. The predicted octanol–water partition coefficient (Wildman–Crippen LogP) is 3.49. The van der Waals surface area contributed by atoms with Gasteiger partial charge in [0, 0.05) is 12.5 Å². The van der Waals surface area contributed by atoms with Crippen LogP contribution >= 0.6 is 0 Å². The number of alkyl carbamates (subject to hydrolysis) is 1. The van der Waals surface area contributed by atoms with Crippen molar-refractivity contribution in [2.45, 2.75) is 25.7 Å². The SMILES string of the molecule is CC(=O)NCC1CN(c2ccc(-c3ccc(C(NC(=O)OCc4ccccc4)c4nnn(C)n4)cc3)c(F)c2)C(=O)O1. The standard InChI is InChI=1S/C29H28FN7O5/c1-18(38)31-15-23-16-37(29(40)42-23)22-12-13-24(25(30)14-22)20-8-10-21(11-9-20)26(27-33-35-36(2)34-27)32-28(39)41-17-19-6-4-3-5-7-19/h3-14,23,26H,15-17H2,1-2H3,(H,31,38)(H,32,39). The summed E-state index contributed by atoms with van der Waals surface area (Å²) in [5.74, 6) is -0.510. The number of aromatic nitrogens is 4. The lowest BCUT2D eigenvalue weighted by Crippen LogP contribution is -2.33. The molecule has 1 saturated heterocycles. The monoisotopic (exact) mass is 573 g/mol. The first-order chi connectivity index (χ1) is 20.3. The van der Waals surface area contributed by atoms with E-state index >= 15 is 4.39 Å². The van der Waals surface area contributed by atoms with Crippen LogP contribution in [0.4, 0.5) is 19.7 Å². The minimum atomic E-state index is -0.769. The van der Waals surface area contributed by atoms with Gasteiger partial charge >= 0.3 is 12.2 Å². The smallest absolute Gasteiger partial charge is 0.414 e. The fourth-order valence-corrected chi connectivity index (χ4v) is 4.45. The summed E-state index contributed by atoms with van der Waals surface area (Å²) in [5, 5.41) is 17.5. The maximum Gasteiger partial charge on any atom is 0.414 e. The second-order valence-corrected chi connectivity index (χ2v) is 9.62. The number of hydrogen-bond donors (Lipinski definition) is 2. The topological polar surface area (TPSA) is 141 Å². The molecule has 3 aromatic carbocycles. The second kappa shape index (κ2) is 12.5. The average molecular weight is 574 g/mol. The summed E-state index contributed by atoms with van der Waals surface area (Å²) in [6.45, 7) is 1.83. The van der Waals surface area contributed by atoms with Gasteiger partial charge in [0.2, 0.25) is 11.7 Å². The molecule has 5 rings (SSSR count). The molecule has 1 fully saturated rings. The Morgan fingerprint density at radius 1 is 1.12 bits per heavy atom. The number of nitrogens with one attached hydrogen (secondary N) is 2. The van der Waals surface area contributed by atoms with Crippen LogP contribution in [0.2, 0.25) is 0 Å². The number of aryl methyl sites for hydroxylation is 1. The van der Waals surface area contributed by atoms with Crippen molar-refractivity contribution in [1.82, 2.24) is 30.8 Å². The maximum atomic E-state index is 15.3. The van der Waals surface area contributed by atoms with Gasteiger partial charge in [0.05, 0.1) is 25.8 Å². The zero-order valence-corrected chi connectivity index (χ0v) is 22.9. The van der Waals surface area contributed by atoms with Gasteiger partial charge in [-0.1, -0.05) is 54.6 Å². The Morgan fingerprint density at radius 3 is 2.55 bits per heavy atom. The molecule has 1 aromatic heterocycles. The van der Waals surface area contributed by atoms with Crippen LogP contribution in [-0.2, 0) is 27.9 Å². The molecular weight excluding hydrogens is 545 g/mol. The Morgan fingerprint density at radius 2 is 1.88 bits per heavy atom. The Balaban J connectivity index is 1.30. The Hall–Kier alpha value is -5.33. The second-order valence-electron chi connectivity index (χ2n) is 9.62. The molecule has 1 aliphatic heterocycles. The van der Waals surface area contributed by atoms with Crippen molar-refractivity contribution in [3.8, 4) is 11.1 Å². The lowest BCUT2D eigenvalue weighted by Gasteiger charge is -2.17. The van der Waals surface area contributed by atoms with Gasteiger partial charge in [-0.25, -0.2) is 14.0 Å². The summed E-state index contributed by atoms with van der Waals surface area (Å²) in [6, 6.07) is 19.9. The number of carbonyl (C=O) groups excluding carboxylic acids is 3. The number of carbonyl (C=O) groups is 3. The van der Waals surface area contributed by atoms with Crippen molar-refractivity contribution in [2.75, 3.05) is 18.0 Å². The molecular formula is C29H28FN7O5. The molecule has 1 aliphatic rings. The fraction of sp³-hybridized carbons (Fsp3) is 0.241. The Bertz CT molecular complexity index is 1580. The number of benzene rings is 3. The van der Waals surface area contributed by atoms with Gasteiger partial charge in [-0.05, 0) is 40.1 Å². The van der Waals surface area contributed by atoms with E-state index in [4.69, 9.17) is 9.47 Å². The fourth-order valence-electron chi connectivity index (χ4n) is 4.45. The van der Waals surface area contributed by atoms with E-state index in [1.165, 1.54) is 22.7 Å². The number of hydrogen-bond acceptors (Lipinski definition) is 8. The molecule has 2 N–H and O–H groups in total. The minimum absolute atomic E-state index is 0.0899. The van der Waals surface area contributed by atoms with E-state index in [9.17, 15) is 14.4 Å². The van der Waals surface area contributed by atoms with Gasteiger partial charge < -0.3 is 20.1 Å². The molecule has 0 radical (unpaired) electrons. The number of amides is 3. The molecule has 2 atom stereocenters. The van der Waals surface area contributed by atoms with Crippen LogP contribution in [0.5, 0.6) is 0 Å². The Kier molecular flexibility index (Phi) is 8.37. The average Bonchev–Trinajstić information content (AvgIpc) is 3.59. The van der Waals surface area contributed by atoms with Gasteiger partial charge in [-0.15, -0.1) is 10.2 Å². The number of cyclic esters (lactones) is 1. The van der Waals surface area contributed by atoms with Crippen LogP contribution in [0, 0.1) is 5.82 Å². The number of halogens is 1. The van der Waals surface area contributed by atoms with Crippen molar-refractivity contribution in [2.24, 2.45) is 7.05 Å². The third-order valence-corrected chi connectivity index (χ3v) is 6.53. The molecule has 0 aliphatic carbocycles. The van der Waals surface area contributed by atoms with Gasteiger partial charge in [-0.3, -0.25) is 9.69 Å². The summed E-state index contributed by atoms with van der Waals surface area (Å²) in [5.41, 5.74) is 2.70. The summed E-state index contributed by atoms with van der Waals surface area (Å²) in [7, 11) is 1.61. The third-order valence-electron chi connectivity index (χ3n) is 6.53. The molecule has 2 unspecified atom stereocenters. The quantitative estimate of drug-likeness (QED) is 0.310. The number of ether oxygens (including phenoxy) is 2. The minimum Gasteiger partial charge on any atom is -0.445 e. The van der Waals surface area contributed by atoms with Gasteiger partial charge in [0.15, 0.2) is 0 Å². The molecule has 4 aromatic rings. The number of anilines is 1. The summed E-state index contributed by atoms with van der Waals surface area (Å²) >= 11 is 0. The van der Waals surface area contributed by atoms with Crippen LogP contribution in [0.15, 0.2) is 72.8 Å². The maximum absolute atomic E-state index is 15.3. The lowest BCUT2D eigenvalue weighted by molar-refractivity contribution is -0.119. The predicted molar refractivity (Wildman–Crippen MR) is 149 cm³/mol. The molecule has 0 bridgehead atoms. The summed E-state index contributed by atoms with van der Waals surface area (Å²) in [4.78, 5) is 38.7. The number of tetrazole rings is 1. The summed E-state index contributed by atoms with van der Waals surface area (Å²) in [6.07, 6.45) is -1.81.